The van der Waals surface area contributed by atoms with Crippen LogP contribution in [0.15, 0.2) is 60.7 Å². The third-order valence-electron chi connectivity index (χ3n) is 4.81. The maximum absolute atomic E-state index is 11.3. The van der Waals surface area contributed by atoms with Crippen LogP contribution in [0.4, 0.5) is 0 Å². The molecule has 0 aromatic heterocycles. The molecule has 0 aliphatic heterocycles. The Morgan fingerprint density at radius 3 is 2.07 bits per heavy atom. The van der Waals surface area contributed by atoms with Gasteiger partial charge in [0, 0.05) is 0 Å². The van der Waals surface area contributed by atoms with Gasteiger partial charge in [0.05, 0.1) is 20.1 Å². The highest BCUT2D eigenvalue weighted by Crippen LogP contribution is 2.14. The van der Waals surface area contributed by atoms with Gasteiger partial charge in [-0.2, -0.15) is 0 Å². The number of methoxy groups -OCH3 is 1. The summed E-state index contributed by atoms with van der Waals surface area (Å²) in [6.07, 6.45) is 25.7. The fraction of sp³-hybridized carbons (Fsp3) is 0.519. The minimum Gasteiger partial charge on any atom is -0.494 e. The summed E-state index contributed by atoms with van der Waals surface area (Å²) in [4.78, 5) is 11.3. The molecule has 1 rings (SSSR count). The normalized spacial score (nSPS) is 11.7. The van der Waals surface area contributed by atoms with Gasteiger partial charge >= 0.3 is 5.97 Å². The highest BCUT2D eigenvalue weighted by molar-refractivity contribution is 5.72. The van der Waals surface area contributed by atoms with E-state index in [-0.39, 0.29) is 5.97 Å². The van der Waals surface area contributed by atoms with Gasteiger partial charge in [-0.1, -0.05) is 81.2 Å². The Morgan fingerprint density at radius 2 is 1.40 bits per heavy atom. The van der Waals surface area contributed by atoms with Crippen LogP contribution in [-0.2, 0) is 16.0 Å². The van der Waals surface area contributed by atoms with Gasteiger partial charge in [0.15, 0.2) is 0 Å². The van der Waals surface area contributed by atoms with Gasteiger partial charge in [-0.3, -0.25) is 4.79 Å². The molecule has 0 radical (unpaired) electrons. The highest BCUT2D eigenvalue weighted by atomic mass is 16.5. The molecule has 0 saturated heterocycles. The van der Waals surface area contributed by atoms with Crippen LogP contribution in [0.3, 0.4) is 0 Å². The zero-order valence-electron chi connectivity index (χ0n) is 19.0. The average molecular weight is 413 g/mol. The largest absolute Gasteiger partial charge is 0.494 e. The second-order valence-electron chi connectivity index (χ2n) is 7.45. The van der Waals surface area contributed by atoms with E-state index in [0.29, 0.717) is 6.42 Å². The molecule has 3 nitrogen and oxygen atoms in total. The number of unbranched alkanes of at least 4 members (excludes halogenated alkanes) is 6. The Bertz CT molecular complexity index is 626. The third-order valence-corrected chi connectivity index (χ3v) is 4.81. The van der Waals surface area contributed by atoms with Crippen LogP contribution >= 0.6 is 0 Å². The summed E-state index contributed by atoms with van der Waals surface area (Å²) < 4.78 is 10.5. The van der Waals surface area contributed by atoms with Gasteiger partial charge in [0.1, 0.15) is 5.75 Å². The summed E-state index contributed by atoms with van der Waals surface area (Å²) >= 11 is 0. The number of ether oxygens (including phenoxy) is 2. The summed E-state index contributed by atoms with van der Waals surface area (Å²) in [5.74, 6) is 0.644. The van der Waals surface area contributed by atoms with Crippen molar-refractivity contribution in [2.75, 3.05) is 13.7 Å². The van der Waals surface area contributed by atoms with Gasteiger partial charge < -0.3 is 9.47 Å². The quantitative estimate of drug-likeness (QED) is 0.152. The second kappa shape index (κ2) is 18.7. The van der Waals surface area contributed by atoms with Crippen molar-refractivity contribution in [2.24, 2.45) is 0 Å². The molecule has 0 saturated carbocycles. The first-order valence-corrected chi connectivity index (χ1v) is 11.5. The van der Waals surface area contributed by atoms with Crippen molar-refractivity contribution in [3.63, 3.8) is 0 Å². The Kier molecular flexibility index (Phi) is 16.1. The van der Waals surface area contributed by atoms with Crippen LogP contribution in [0.5, 0.6) is 5.75 Å². The lowest BCUT2D eigenvalue weighted by atomic mass is 10.1. The zero-order valence-corrected chi connectivity index (χ0v) is 19.0. The highest BCUT2D eigenvalue weighted by Gasteiger charge is 2.02. The van der Waals surface area contributed by atoms with Gasteiger partial charge in [-0.15, -0.1) is 0 Å². The summed E-state index contributed by atoms with van der Waals surface area (Å²) in [5, 5.41) is 0. The molecule has 0 N–H and O–H groups in total. The SMILES string of the molecule is CC/C=C\C/C=C\C/C=C\CCCCCCCCOc1ccc(CC(=O)OC)cc1. The molecular formula is C27H40O3. The predicted molar refractivity (Wildman–Crippen MR) is 127 cm³/mol. The molecule has 0 fully saturated rings. The number of carbonyl (C=O) groups is 1. The lowest BCUT2D eigenvalue weighted by Crippen LogP contribution is -2.04. The number of esters is 1. The molecule has 3 heteroatoms. The minimum absolute atomic E-state index is 0.220. The molecule has 166 valence electrons. The molecule has 0 aliphatic carbocycles. The van der Waals surface area contributed by atoms with E-state index in [0.717, 1.165) is 43.6 Å². The van der Waals surface area contributed by atoms with Gasteiger partial charge in [-0.05, 0) is 56.2 Å². The third kappa shape index (κ3) is 14.7. The van der Waals surface area contributed by atoms with Crippen molar-refractivity contribution in [2.45, 2.75) is 77.6 Å². The Labute approximate surface area is 183 Å². The molecule has 1 aromatic rings. The molecule has 0 spiro atoms. The van der Waals surface area contributed by atoms with Crippen LogP contribution in [0.2, 0.25) is 0 Å². The monoisotopic (exact) mass is 412 g/mol. The topological polar surface area (TPSA) is 35.5 Å². The van der Waals surface area contributed by atoms with Crippen LogP contribution in [0.25, 0.3) is 0 Å². The molecule has 0 atom stereocenters. The Morgan fingerprint density at radius 1 is 0.800 bits per heavy atom. The molecule has 1 aromatic carbocycles. The van der Waals surface area contributed by atoms with Crippen molar-refractivity contribution >= 4 is 5.97 Å². The van der Waals surface area contributed by atoms with E-state index in [1.165, 1.54) is 45.6 Å². The Hall–Kier alpha value is -2.29. The van der Waals surface area contributed by atoms with E-state index < -0.39 is 0 Å². The van der Waals surface area contributed by atoms with Crippen LogP contribution < -0.4 is 4.74 Å². The molecule has 0 aliphatic rings. The van der Waals surface area contributed by atoms with E-state index in [1.807, 2.05) is 24.3 Å². The maximum atomic E-state index is 11.3. The van der Waals surface area contributed by atoms with Gasteiger partial charge in [-0.25, -0.2) is 0 Å². The lowest BCUT2D eigenvalue weighted by Gasteiger charge is -2.07. The standard InChI is InChI=1S/C27H40O3/c1-3-4-5-6-7-8-9-10-11-12-13-14-15-16-17-18-23-30-26-21-19-25(20-22-26)24-27(28)29-2/h4-5,7-8,10-11,19-22H,3,6,9,12-18,23-24H2,1-2H3/b5-4-,8-7-,11-10-. The summed E-state index contributed by atoms with van der Waals surface area (Å²) in [5.41, 5.74) is 0.945. The number of allylic oxidation sites excluding steroid dienone is 6. The number of hydrogen-bond acceptors (Lipinski definition) is 3. The van der Waals surface area contributed by atoms with Crippen molar-refractivity contribution in [3.05, 3.63) is 66.3 Å². The minimum atomic E-state index is -0.220. The number of benzene rings is 1. The van der Waals surface area contributed by atoms with Crippen LogP contribution in [0, 0.1) is 0 Å². The average Bonchev–Trinajstić information content (AvgIpc) is 2.77. The molecular weight excluding hydrogens is 372 g/mol. The van der Waals surface area contributed by atoms with Crippen molar-refractivity contribution in [1.29, 1.82) is 0 Å². The van der Waals surface area contributed by atoms with Crippen molar-refractivity contribution in [3.8, 4) is 5.75 Å². The van der Waals surface area contributed by atoms with E-state index in [2.05, 4.69) is 48.1 Å². The molecule has 0 heterocycles. The summed E-state index contributed by atoms with van der Waals surface area (Å²) in [7, 11) is 1.41. The molecule has 0 bridgehead atoms. The predicted octanol–water partition coefficient (Wildman–Crippen LogP) is 7.37. The fourth-order valence-corrected chi connectivity index (χ4v) is 3.03. The number of carbonyl (C=O) groups excluding carboxylic acids is 1. The first-order chi connectivity index (χ1) is 14.8. The van der Waals surface area contributed by atoms with Gasteiger partial charge in [0.2, 0.25) is 0 Å². The molecule has 0 unspecified atom stereocenters. The number of hydrogen-bond donors (Lipinski definition) is 0. The summed E-state index contributed by atoms with van der Waals surface area (Å²) in [6, 6.07) is 7.68. The number of rotatable bonds is 17. The van der Waals surface area contributed by atoms with E-state index in [9.17, 15) is 4.79 Å². The van der Waals surface area contributed by atoms with E-state index >= 15 is 0 Å². The van der Waals surface area contributed by atoms with Gasteiger partial charge in [0.25, 0.3) is 0 Å². The first-order valence-electron chi connectivity index (χ1n) is 11.5. The van der Waals surface area contributed by atoms with E-state index in [4.69, 9.17) is 4.74 Å². The molecule has 30 heavy (non-hydrogen) atoms. The maximum Gasteiger partial charge on any atom is 0.309 e. The fourth-order valence-electron chi connectivity index (χ4n) is 3.03. The summed E-state index contributed by atoms with van der Waals surface area (Å²) in [6.45, 7) is 2.91. The van der Waals surface area contributed by atoms with E-state index in [1.54, 1.807) is 0 Å². The van der Waals surface area contributed by atoms with Crippen molar-refractivity contribution < 1.29 is 14.3 Å². The smallest absolute Gasteiger partial charge is 0.309 e. The van der Waals surface area contributed by atoms with Crippen LogP contribution in [0.1, 0.15) is 76.7 Å². The Balaban J connectivity index is 1.92. The molecule has 0 amide bonds. The zero-order chi connectivity index (χ0) is 21.7. The first kappa shape index (κ1) is 25.7. The second-order valence-corrected chi connectivity index (χ2v) is 7.45. The van der Waals surface area contributed by atoms with Crippen LogP contribution in [-0.4, -0.2) is 19.7 Å². The van der Waals surface area contributed by atoms with Crippen molar-refractivity contribution in [1.82, 2.24) is 0 Å². The lowest BCUT2D eigenvalue weighted by molar-refractivity contribution is -0.139.